The monoisotopic (exact) mass is 291 g/mol. The number of benzene rings is 1. The zero-order valence-electron chi connectivity index (χ0n) is 12.2. The summed E-state index contributed by atoms with van der Waals surface area (Å²) >= 11 is 0. The second-order valence-corrected chi connectivity index (χ2v) is 5.26. The second-order valence-electron chi connectivity index (χ2n) is 5.26. The maximum absolute atomic E-state index is 11.8. The number of likely N-dealkylation sites (tertiary alicyclic amines) is 1. The minimum Gasteiger partial charge on any atom is -0.478 e. The number of nitrogens with zero attached hydrogens (tertiary/aromatic N) is 1. The molecule has 1 saturated heterocycles. The highest BCUT2D eigenvalue weighted by Crippen LogP contribution is 2.15. The summed E-state index contributed by atoms with van der Waals surface area (Å²) in [6.45, 7) is 5.36. The Morgan fingerprint density at radius 3 is 2.67 bits per heavy atom. The van der Waals surface area contributed by atoms with Crippen molar-refractivity contribution in [2.45, 2.75) is 19.8 Å². The molecule has 3 N–H and O–H groups in total. The van der Waals surface area contributed by atoms with Gasteiger partial charge in [0.2, 0.25) is 0 Å². The highest BCUT2D eigenvalue weighted by molar-refractivity contribution is 5.94. The molecule has 1 aliphatic rings. The highest BCUT2D eigenvalue weighted by Gasteiger charge is 2.12. The summed E-state index contributed by atoms with van der Waals surface area (Å²) in [5, 5.41) is 14.5. The molecule has 6 nitrogen and oxygen atoms in total. The van der Waals surface area contributed by atoms with E-state index in [9.17, 15) is 9.59 Å². The molecule has 1 heterocycles. The Hall–Kier alpha value is -2.08. The molecule has 6 heteroatoms. The van der Waals surface area contributed by atoms with Gasteiger partial charge in [0.15, 0.2) is 0 Å². The lowest BCUT2D eigenvalue weighted by Crippen LogP contribution is -2.35. The Kier molecular flexibility index (Phi) is 5.16. The highest BCUT2D eigenvalue weighted by atomic mass is 16.4. The van der Waals surface area contributed by atoms with E-state index in [4.69, 9.17) is 5.11 Å². The Bertz CT molecular complexity index is 525. The first-order chi connectivity index (χ1) is 10.1. The number of anilines is 1. The van der Waals surface area contributed by atoms with Gasteiger partial charge in [0, 0.05) is 18.8 Å². The Balaban J connectivity index is 1.81. The normalized spacial score (nSPS) is 14.9. The fraction of sp³-hybridized carbons (Fsp3) is 0.467. The molecule has 1 aromatic carbocycles. The molecule has 0 saturated carbocycles. The predicted molar refractivity (Wildman–Crippen MR) is 80.8 cm³/mol. The van der Waals surface area contributed by atoms with Crippen LogP contribution in [0.1, 0.15) is 28.8 Å². The molecule has 0 radical (unpaired) electrons. The molecular formula is C15H21N3O3. The van der Waals surface area contributed by atoms with E-state index in [1.54, 1.807) is 19.1 Å². The first-order valence-corrected chi connectivity index (χ1v) is 7.17. The minimum atomic E-state index is -0.995. The Morgan fingerprint density at radius 2 is 2.00 bits per heavy atom. The first kappa shape index (κ1) is 15.3. The molecule has 1 aromatic rings. The lowest BCUT2D eigenvalue weighted by molar-refractivity contribution is 0.0696. The van der Waals surface area contributed by atoms with Crippen LogP contribution in [0, 0.1) is 6.92 Å². The summed E-state index contributed by atoms with van der Waals surface area (Å²) in [4.78, 5) is 25.1. The van der Waals surface area contributed by atoms with Crippen molar-refractivity contribution < 1.29 is 14.7 Å². The minimum absolute atomic E-state index is 0.199. The van der Waals surface area contributed by atoms with E-state index in [0.29, 0.717) is 17.8 Å². The molecule has 0 atom stereocenters. The van der Waals surface area contributed by atoms with Gasteiger partial charge in [-0.25, -0.2) is 9.59 Å². The fourth-order valence-corrected chi connectivity index (χ4v) is 2.44. The van der Waals surface area contributed by atoms with Crippen LogP contribution in [-0.4, -0.2) is 48.2 Å². The van der Waals surface area contributed by atoms with Gasteiger partial charge in [-0.3, -0.25) is 0 Å². The SMILES string of the molecule is Cc1ccc(NC(=O)NCCN2CCCC2)cc1C(=O)O. The van der Waals surface area contributed by atoms with Gasteiger partial charge < -0.3 is 20.6 Å². The van der Waals surface area contributed by atoms with Crippen molar-refractivity contribution in [2.24, 2.45) is 0 Å². The second kappa shape index (κ2) is 7.08. The van der Waals surface area contributed by atoms with Gasteiger partial charge in [0.1, 0.15) is 0 Å². The lowest BCUT2D eigenvalue weighted by Gasteiger charge is -2.15. The summed E-state index contributed by atoms with van der Waals surface area (Å²) in [5.74, 6) is -0.995. The van der Waals surface area contributed by atoms with E-state index in [1.165, 1.54) is 18.9 Å². The molecule has 2 rings (SSSR count). The smallest absolute Gasteiger partial charge is 0.336 e. The van der Waals surface area contributed by atoms with E-state index in [0.717, 1.165) is 19.6 Å². The van der Waals surface area contributed by atoms with Crippen molar-refractivity contribution in [1.29, 1.82) is 0 Å². The number of carboxylic acid groups (broad SMARTS) is 1. The van der Waals surface area contributed by atoms with Crippen molar-refractivity contribution in [2.75, 3.05) is 31.5 Å². The van der Waals surface area contributed by atoms with E-state index >= 15 is 0 Å². The number of aromatic carboxylic acids is 1. The van der Waals surface area contributed by atoms with Crippen molar-refractivity contribution in [3.8, 4) is 0 Å². The molecule has 0 aliphatic carbocycles. The van der Waals surface area contributed by atoms with Crippen LogP contribution in [0.15, 0.2) is 18.2 Å². The van der Waals surface area contributed by atoms with E-state index in [1.807, 2.05) is 0 Å². The lowest BCUT2D eigenvalue weighted by atomic mass is 10.1. The van der Waals surface area contributed by atoms with Crippen molar-refractivity contribution in [1.82, 2.24) is 10.2 Å². The zero-order valence-corrected chi connectivity index (χ0v) is 12.2. The molecule has 1 fully saturated rings. The number of aryl methyl sites for hydroxylation is 1. The number of urea groups is 1. The number of nitrogens with one attached hydrogen (secondary N) is 2. The van der Waals surface area contributed by atoms with Crippen molar-refractivity contribution >= 4 is 17.7 Å². The van der Waals surface area contributed by atoms with Crippen LogP contribution in [0.25, 0.3) is 0 Å². The van der Waals surface area contributed by atoms with E-state index in [-0.39, 0.29) is 11.6 Å². The molecule has 114 valence electrons. The van der Waals surface area contributed by atoms with Crippen LogP contribution in [0.4, 0.5) is 10.5 Å². The van der Waals surface area contributed by atoms with Crippen LogP contribution in [0.2, 0.25) is 0 Å². The number of amides is 2. The number of carboxylic acids is 1. The van der Waals surface area contributed by atoms with Gasteiger partial charge >= 0.3 is 12.0 Å². The van der Waals surface area contributed by atoms with Crippen LogP contribution < -0.4 is 10.6 Å². The van der Waals surface area contributed by atoms with Crippen LogP contribution in [0.5, 0.6) is 0 Å². The summed E-state index contributed by atoms with van der Waals surface area (Å²) in [6, 6.07) is 4.54. The molecule has 1 aliphatic heterocycles. The number of rotatable bonds is 5. The van der Waals surface area contributed by atoms with Crippen LogP contribution in [-0.2, 0) is 0 Å². The number of hydrogen-bond donors (Lipinski definition) is 3. The standard InChI is InChI=1S/C15H21N3O3/c1-11-4-5-12(10-13(11)14(19)20)17-15(21)16-6-9-18-7-2-3-8-18/h4-5,10H,2-3,6-9H2,1H3,(H,19,20)(H2,16,17,21). The quantitative estimate of drug-likeness (QED) is 0.774. The third kappa shape index (κ3) is 4.46. The Labute approximate surface area is 124 Å². The summed E-state index contributed by atoms with van der Waals surface area (Å²) in [5.41, 5.74) is 1.35. The average molecular weight is 291 g/mol. The molecule has 0 bridgehead atoms. The van der Waals surface area contributed by atoms with E-state index < -0.39 is 5.97 Å². The molecule has 21 heavy (non-hydrogen) atoms. The first-order valence-electron chi connectivity index (χ1n) is 7.17. The predicted octanol–water partition coefficient (Wildman–Crippen LogP) is 1.91. The van der Waals surface area contributed by atoms with Gasteiger partial charge in [-0.1, -0.05) is 6.07 Å². The molecule has 0 aromatic heterocycles. The molecular weight excluding hydrogens is 270 g/mol. The van der Waals surface area contributed by atoms with Gasteiger partial charge in [0.05, 0.1) is 5.56 Å². The zero-order chi connectivity index (χ0) is 15.2. The third-order valence-electron chi connectivity index (χ3n) is 3.64. The summed E-state index contributed by atoms with van der Waals surface area (Å²) < 4.78 is 0. The topological polar surface area (TPSA) is 81.7 Å². The number of hydrogen-bond acceptors (Lipinski definition) is 3. The fourth-order valence-electron chi connectivity index (χ4n) is 2.44. The van der Waals surface area contributed by atoms with Gasteiger partial charge in [-0.05, 0) is 50.6 Å². The van der Waals surface area contributed by atoms with Gasteiger partial charge in [-0.2, -0.15) is 0 Å². The number of carbonyl (C=O) groups is 2. The summed E-state index contributed by atoms with van der Waals surface area (Å²) in [6.07, 6.45) is 2.46. The maximum atomic E-state index is 11.8. The van der Waals surface area contributed by atoms with Crippen LogP contribution >= 0.6 is 0 Å². The third-order valence-corrected chi connectivity index (χ3v) is 3.64. The Morgan fingerprint density at radius 1 is 1.29 bits per heavy atom. The molecule has 0 spiro atoms. The number of carbonyl (C=O) groups excluding carboxylic acids is 1. The van der Waals surface area contributed by atoms with Gasteiger partial charge in [-0.15, -0.1) is 0 Å². The largest absolute Gasteiger partial charge is 0.478 e. The summed E-state index contributed by atoms with van der Waals surface area (Å²) in [7, 11) is 0. The molecule has 2 amide bonds. The van der Waals surface area contributed by atoms with Crippen molar-refractivity contribution in [3.63, 3.8) is 0 Å². The van der Waals surface area contributed by atoms with Gasteiger partial charge in [0.25, 0.3) is 0 Å². The molecule has 0 unspecified atom stereocenters. The maximum Gasteiger partial charge on any atom is 0.336 e. The van der Waals surface area contributed by atoms with Crippen molar-refractivity contribution in [3.05, 3.63) is 29.3 Å². The van der Waals surface area contributed by atoms with Crippen LogP contribution in [0.3, 0.4) is 0 Å². The average Bonchev–Trinajstić information content (AvgIpc) is 2.94. The van der Waals surface area contributed by atoms with E-state index in [2.05, 4.69) is 15.5 Å².